The molecule has 0 bridgehead atoms. The molecule has 0 aromatic heterocycles. The van der Waals surface area contributed by atoms with Crippen molar-refractivity contribution in [1.29, 1.82) is 5.26 Å². The predicted octanol–water partition coefficient (Wildman–Crippen LogP) is 4.83. The predicted molar refractivity (Wildman–Crippen MR) is 92.2 cm³/mol. The maximum atomic E-state index is 12.0. The van der Waals surface area contributed by atoms with Crippen LogP contribution >= 0.6 is 11.8 Å². The molecule has 1 atom stereocenters. The molecule has 1 unspecified atom stereocenters. The minimum absolute atomic E-state index is 0.156. The summed E-state index contributed by atoms with van der Waals surface area (Å²) in [5.74, 6) is 0. The highest BCUT2D eigenvalue weighted by Gasteiger charge is 2.11. The molecule has 2 aromatic carbocycles. The van der Waals surface area contributed by atoms with Gasteiger partial charge in [-0.1, -0.05) is 49.4 Å². The zero-order valence-electron chi connectivity index (χ0n) is 12.9. The van der Waals surface area contributed by atoms with Crippen molar-refractivity contribution in [1.82, 2.24) is 0 Å². The van der Waals surface area contributed by atoms with E-state index >= 15 is 0 Å². The van der Waals surface area contributed by atoms with E-state index in [0.29, 0.717) is 12.1 Å². The summed E-state index contributed by atoms with van der Waals surface area (Å²) in [6, 6.07) is 19.2. The standard InChI is InChI=1S/C18H18N2O2S/c1-14(11-12-19)23-17-10-6-5-9-16(17)20-18(21)22-13-15-7-3-2-4-8-15/h2-10,14H,11,13H2,1H3,(H,20,21). The quantitative estimate of drug-likeness (QED) is 0.772. The van der Waals surface area contributed by atoms with E-state index in [-0.39, 0.29) is 11.9 Å². The van der Waals surface area contributed by atoms with Crippen LogP contribution in [0.5, 0.6) is 0 Å². The first kappa shape index (κ1) is 16.9. The number of para-hydroxylation sites is 1. The van der Waals surface area contributed by atoms with Crippen molar-refractivity contribution >= 4 is 23.5 Å². The zero-order valence-corrected chi connectivity index (χ0v) is 13.7. The van der Waals surface area contributed by atoms with Crippen LogP contribution in [0.3, 0.4) is 0 Å². The largest absolute Gasteiger partial charge is 0.444 e. The summed E-state index contributed by atoms with van der Waals surface area (Å²) in [4.78, 5) is 12.9. The van der Waals surface area contributed by atoms with Crippen LogP contribution in [0, 0.1) is 11.3 Å². The van der Waals surface area contributed by atoms with E-state index in [1.165, 1.54) is 0 Å². The molecule has 2 aromatic rings. The minimum Gasteiger partial charge on any atom is -0.444 e. The number of carbonyl (C=O) groups excluding carboxylic acids is 1. The zero-order chi connectivity index (χ0) is 16.5. The van der Waals surface area contributed by atoms with Crippen LogP contribution in [0.2, 0.25) is 0 Å². The van der Waals surface area contributed by atoms with Crippen molar-refractivity contribution in [2.45, 2.75) is 30.1 Å². The molecule has 2 rings (SSSR count). The highest BCUT2D eigenvalue weighted by Crippen LogP contribution is 2.31. The second kappa shape index (κ2) is 8.86. The lowest BCUT2D eigenvalue weighted by atomic mass is 10.2. The van der Waals surface area contributed by atoms with Crippen LogP contribution in [-0.2, 0) is 11.3 Å². The van der Waals surface area contributed by atoms with Gasteiger partial charge in [0.2, 0.25) is 0 Å². The number of nitriles is 1. The SMILES string of the molecule is CC(CC#N)Sc1ccccc1NC(=O)OCc1ccccc1. The topological polar surface area (TPSA) is 62.1 Å². The van der Waals surface area contributed by atoms with Gasteiger partial charge < -0.3 is 4.74 Å². The molecule has 0 spiro atoms. The van der Waals surface area contributed by atoms with Gasteiger partial charge in [0.15, 0.2) is 0 Å². The van der Waals surface area contributed by atoms with Crippen LogP contribution < -0.4 is 5.32 Å². The Balaban J connectivity index is 1.94. The van der Waals surface area contributed by atoms with Gasteiger partial charge in [-0.15, -0.1) is 11.8 Å². The van der Waals surface area contributed by atoms with Gasteiger partial charge in [-0.05, 0) is 17.7 Å². The van der Waals surface area contributed by atoms with Crippen LogP contribution in [0.25, 0.3) is 0 Å². The van der Waals surface area contributed by atoms with Crippen LogP contribution in [0.4, 0.5) is 10.5 Å². The van der Waals surface area contributed by atoms with Crippen molar-refractivity contribution < 1.29 is 9.53 Å². The number of anilines is 1. The Morgan fingerprint density at radius 3 is 2.65 bits per heavy atom. The number of nitrogens with one attached hydrogen (secondary N) is 1. The number of hydrogen-bond acceptors (Lipinski definition) is 4. The summed E-state index contributed by atoms with van der Waals surface area (Å²) in [5, 5.41) is 11.7. The minimum atomic E-state index is -0.491. The first-order valence-corrected chi connectivity index (χ1v) is 8.17. The fourth-order valence-electron chi connectivity index (χ4n) is 1.93. The molecular weight excluding hydrogens is 308 g/mol. The van der Waals surface area contributed by atoms with Crippen LogP contribution in [0.15, 0.2) is 59.5 Å². The summed E-state index contributed by atoms with van der Waals surface area (Å²) in [6.45, 7) is 2.21. The van der Waals surface area contributed by atoms with Gasteiger partial charge in [0.1, 0.15) is 6.61 Å². The number of nitrogens with zero attached hydrogens (tertiary/aromatic N) is 1. The Morgan fingerprint density at radius 2 is 1.91 bits per heavy atom. The first-order valence-electron chi connectivity index (χ1n) is 7.29. The molecule has 0 aliphatic rings. The second-order valence-electron chi connectivity index (χ2n) is 4.97. The molecule has 23 heavy (non-hydrogen) atoms. The lowest BCUT2D eigenvalue weighted by molar-refractivity contribution is 0.155. The molecule has 118 valence electrons. The van der Waals surface area contributed by atoms with E-state index < -0.39 is 6.09 Å². The van der Waals surface area contributed by atoms with Crippen molar-refractivity contribution in [2.75, 3.05) is 5.32 Å². The molecule has 1 N–H and O–H groups in total. The van der Waals surface area contributed by atoms with Gasteiger partial charge in [0.25, 0.3) is 0 Å². The van der Waals surface area contributed by atoms with Crippen molar-refractivity contribution in [3.05, 3.63) is 60.2 Å². The second-order valence-corrected chi connectivity index (χ2v) is 6.45. The maximum Gasteiger partial charge on any atom is 0.411 e. The lowest BCUT2D eigenvalue weighted by Gasteiger charge is -2.13. The van der Waals surface area contributed by atoms with E-state index in [1.54, 1.807) is 11.8 Å². The third kappa shape index (κ3) is 5.68. The fourth-order valence-corrected chi connectivity index (χ4v) is 2.92. The highest BCUT2D eigenvalue weighted by molar-refractivity contribution is 8.00. The monoisotopic (exact) mass is 326 g/mol. The van der Waals surface area contributed by atoms with E-state index in [2.05, 4.69) is 11.4 Å². The number of rotatable bonds is 6. The molecule has 0 saturated heterocycles. The maximum absolute atomic E-state index is 12.0. The van der Waals surface area contributed by atoms with E-state index in [9.17, 15) is 4.79 Å². The summed E-state index contributed by atoms with van der Waals surface area (Å²) in [5.41, 5.74) is 1.63. The Morgan fingerprint density at radius 1 is 1.22 bits per heavy atom. The molecule has 1 amide bonds. The molecule has 0 fully saturated rings. The van der Waals surface area contributed by atoms with E-state index in [0.717, 1.165) is 10.5 Å². The van der Waals surface area contributed by atoms with Crippen molar-refractivity contribution in [3.63, 3.8) is 0 Å². The Bertz CT molecular complexity index is 683. The third-order valence-corrected chi connectivity index (χ3v) is 4.22. The van der Waals surface area contributed by atoms with Gasteiger partial charge in [-0.2, -0.15) is 5.26 Å². The number of ether oxygens (including phenoxy) is 1. The smallest absolute Gasteiger partial charge is 0.411 e. The molecule has 0 aliphatic heterocycles. The van der Waals surface area contributed by atoms with E-state index in [1.807, 2.05) is 61.5 Å². The summed E-state index contributed by atoms with van der Waals surface area (Å²) >= 11 is 1.56. The number of hydrogen-bond donors (Lipinski definition) is 1. The Labute approximate surface area is 140 Å². The van der Waals surface area contributed by atoms with Gasteiger partial charge in [-0.25, -0.2) is 4.79 Å². The van der Waals surface area contributed by atoms with Gasteiger partial charge in [0.05, 0.1) is 11.8 Å². The summed E-state index contributed by atoms with van der Waals surface area (Å²) in [7, 11) is 0. The Kier molecular flexibility index (Phi) is 6.52. The molecule has 0 radical (unpaired) electrons. The summed E-state index contributed by atoms with van der Waals surface area (Å²) < 4.78 is 5.23. The molecule has 5 heteroatoms. The average molecular weight is 326 g/mol. The molecular formula is C18H18N2O2S. The first-order chi connectivity index (χ1) is 11.2. The van der Waals surface area contributed by atoms with E-state index in [4.69, 9.17) is 10.00 Å². The number of benzene rings is 2. The Hall–Kier alpha value is -2.45. The van der Waals surface area contributed by atoms with Crippen molar-refractivity contribution in [3.8, 4) is 6.07 Å². The lowest BCUT2D eigenvalue weighted by Crippen LogP contribution is -2.14. The number of carbonyl (C=O) groups is 1. The van der Waals surface area contributed by atoms with Crippen LogP contribution in [0.1, 0.15) is 18.9 Å². The number of thioether (sulfide) groups is 1. The van der Waals surface area contributed by atoms with Gasteiger partial charge >= 0.3 is 6.09 Å². The molecule has 4 nitrogen and oxygen atoms in total. The van der Waals surface area contributed by atoms with Crippen molar-refractivity contribution in [2.24, 2.45) is 0 Å². The highest BCUT2D eigenvalue weighted by atomic mass is 32.2. The number of amides is 1. The normalized spacial score (nSPS) is 11.3. The fraction of sp³-hybridized carbons (Fsp3) is 0.222. The molecule has 0 heterocycles. The van der Waals surface area contributed by atoms with Gasteiger partial charge in [-0.3, -0.25) is 5.32 Å². The summed E-state index contributed by atoms with van der Waals surface area (Å²) in [6.07, 6.45) is -0.0351. The average Bonchev–Trinajstić information content (AvgIpc) is 2.56. The molecule has 0 saturated carbocycles. The molecule has 0 aliphatic carbocycles. The third-order valence-electron chi connectivity index (χ3n) is 3.04. The van der Waals surface area contributed by atoms with Gasteiger partial charge in [0, 0.05) is 16.6 Å². The van der Waals surface area contributed by atoms with Crippen LogP contribution in [-0.4, -0.2) is 11.3 Å².